The number of nitrogens with zero attached hydrogens (tertiary/aromatic N) is 2. The van der Waals surface area contributed by atoms with E-state index in [2.05, 4.69) is 0 Å². The molecule has 0 bridgehead atoms. The van der Waals surface area contributed by atoms with Crippen molar-refractivity contribution in [1.82, 2.24) is 0 Å². The first kappa shape index (κ1) is 21.9. The van der Waals surface area contributed by atoms with Crippen molar-refractivity contribution in [1.29, 1.82) is 0 Å². The molecule has 0 aromatic heterocycles. The number of benzene rings is 2. The molecular weight excluding hydrogens is 404 g/mol. The maximum Gasteiger partial charge on any atom is 0.312 e. The smallest absolute Gasteiger partial charge is 0.312 e. The highest BCUT2D eigenvalue weighted by atomic mass is 16.6. The summed E-state index contributed by atoms with van der Waals surface area (Å²) in [5.41, 5.74) is 0.608. The van der Waals surface area contributed by atoms with Crippen LogP contribution in [-0.4, -0.2) is 42.3 Å². The Kier molecular flexibility index (Phi) is 6.64. The highest BCUT2D eigenvalue weighted by Crippen LogP contribution is 2.36. The van der Waals surface area contributed by atoms with Gasteiger partial charge in [0.25, 0.3) is 5.69 Å². The first-order chi connectivity index (χ1) is 14.8. The first-order valence-corrected chi connectivity index (χ1v) is 9.78. The molecule has 1 amide bonds. The number of hydrogen-bond donors (Lipinski definition) is 0. The van der Waals surface area contributed by atoms with Gasteiger partial charge in [-0.2, -0.15) is 0 Å². The molecule has 0 aliphatic carbocycles. The SMILES string of the molecule is CC[C@H](OC(=O)[C@H]1CC(=O)N(c2ccc([N+](=O)[O-])cc2OC)C1)C(=O)c1ccccc1. The number of ketones is 1. The molecule has 2 aromatic rings. The van der Waals surface area contributed by atoms with Crippen molar-refractivity contribution in [3.63, 3.8) is 0 Å². The number of rotatable bonds is 8. The van der Waals surface area contributed by atoms with E-state index < -0.39 is 22.9 Å². The van der Waals surface area contributed by atoms with Crippen LogP contribution in [-0.2, 0) is 14.3 Å². The number of amides is 1. The Balaban J connectivity index is 1.73. The lowest BCUT2D eigenvalue weighted by atomic mass is 10.0. The molecule has 9 nitrogen and oxygen atoms in total. The number of carbonyl (C=O) groups excluding carboxylic acids is 3. The van der Waals surface area contributed by atoms with Gasteiger partial charge in [-0.3, -0.25) is 24.5 Å². The fourth-order valence-electron chi connectivity index (χ4n) is 3.45. The average Bonchev–Trinajstić information content (AvgIpc) is 3.18. The van der Waals surface area contributed by atoms with Crippen molar-refractivity contribution in [2.75, 3.05) is 18.6 Å². The average molecular weight is 426 g/mol. The minimum absolute atomic E-state index is 0.0296. The van der Waals surface area contributed by atoms with Crippen molar-refractivity contribution in [2.24, 2.45) is 5.92 Å². The van der Waals surface area contributed by atoms with Gasteiger partial charge in [0, 0.05) is 24.6 Å². The Morgan fingerprint density at radius 2 is 1.94 bits per heavy atom. The van der Waals surface area contributed by atoms with E-state index in [1.54, 1.807) is 37.3 Å². The molecule has 3 rings (SSSR count). The van der Waals surface area contributed by atoms with Crippen molar-refractivity contribution < 1.29 is 28.8 Å². The Bertz CT molecular complexity index is 1010. The lowest BCUT2D eigenvalue weighted by Gasteiger charge is -2.20. The number of nitro groups is 1. The molecule has 0 unspecified atom stereocenters. The van der Waals surface area contributed by atoms with Crippen LogP contribution in [0.25, 0.3) is 0 Å². The van der Waals surface area contributed by atoms with Crippen LogP contribution in [0.15, 0.2) is 48.5 Å². The molecule has 31 heavy (non-hydrogen) atoms. The van der Waals surface area contributed by atoms with Gasteiger partial charge in [-0.15, -0.1) is 0 Å². The third kappa shape index (κ3) is 4.71. The molecule has 9 heteroatoms. The van der Waals surface area contributed by atoms with Gasteiger partial charge < -0.3 is 14.4 Å². The summed E-state index contributed by atoms with van der Waals surface area (Å²) in [6.07, 6.45) is -0.720. The van der Waals surface area contributed by atoms with E-state index >= 15 is 0 Å². The van der Waals surface area contributed by atoms with E-state index in [0.29, 0.717) is 17.7 Å². The number of anilines is 1. The predicted octanol–water partition coefficient (Wildman–Crippen LogP) is 3.16. The highest BCUT2D eigenvalue weighted by Gasteiger charge is 2.39. The summed E-state index contributed by atoms with van der Waals surface area (Å²) < 4.78 is 10.6. The first-order valence-electron chi connectivity index (χ1n) is 9.78. The molecule has 0 saturated carbocycles. The largest absolute Gasteiger partial charge is 0.494 e. The molecule has 1 fully saturated rings. The van der Waals surface area contributed by atoms with Gasteiger partial charge in [0.1, 0.15) is 5.75 Å². The van der Waals surface area contributed by atoms with Crippen LogP contribution in [0.4, 0.5) is 11.4 Å². The zero-order chi connectivity index (χ0) is 22.5. The molecule has 1 heterocycles. The summed E-state index contributed by atoms with van der Waals surface area (Å²) in [6.45, 7) is 1.77. The van der Waals surface area contributed by atoms with Gasteiger partial charge in [0.15, 0.2) is 6.10 Å². The molecule has 0 radical (unpaired) electrons. The van der Waals surface area contributed by atoms with Crippen LogP contribution >= 0.6 is 0 Å². The summed E-state index contributed by atoms with van der Waals surface area (Å²) in [6, 6.07) is 12.5. The number of hydrogen-bond acceptors (Lipinski definition) is 7. The fourth-order valence-corrected chi connectivity index (χ4v) is 3.45. The van der Waals surface area contributed by atoms with Gasteiger partial charge in [0.2, 0.25) is 11.7 Å². The number of carbonyl (C=O) groups is 3. The second kappa shape index (κ2) is 9.38. The molecular formula is C22H22N2O7. The van der Waals surface area contributed by atoms with Crippen LogP contribution in [0.2, 0.25) is 0 Å². The van der Waals surface area contributed by atoms with Crippen LogP contribution in [0.5, 0.6) is 5.75 Å². The van der Waals surface area contributed by atoms with Gasteiger partial charge in [-0.05, 0) is 12.5 Å². The van der Waals surface area contributed by atoms with Crippen molar-refractivity contribution in [3.05, 3.63) is 64.2 Å². The molecule has 0 N–H and O–H groups in total. The lowest BCUT2D eigenvalue weighted by Crippen LogP contribution is -2.31. The van der Waals surface area contributed by atoms with Crippen LogP contribution < -0.4 is 9.64 Å². The van der Waals surface area contributed by atoms with Crippen molar-refractivity contribution >= 4 is 29.0 Å². The third-order valence-corrected chi connectivity index (χ3v) is 5.10. The number of ether oxygens (including phenoxy) is 2. The Labute approximate surface area is 178 Å². The zero-order valence-corrected chi connectivity index (χ0v) is 17.1. The topological polar surface area (TPSA) is 116 Å². The van der Waals surface area contributed by atoms with Crippen LogP contribution in [0, 0.1) is 16.0 Å². The van der Waals surface area contributed by atoms with Gasteiger partial charge in [0.05, 0.1) is 29.7 Å². The zero-order valence-electron chi connectivity index (χ0n) is 17.1. The molecule has 1 aliphatic heterocycles. The number of nitro benzene ring substituents is 1. The Hall–Kier alpha value is -3.75. The van der Waals surface area contributed by atoms with Crippen LogP contribution in [0.1, 0.15) is 30.1 Å². The van der Waals surface area contributed by atoms with E-state index in [4.69, 9.17) is 9.47 Å². The van der Waals surface area contributed by atoms with E-state index in [1.165, 1.54) is 30.2 Å². The Morgan fingerprint density at radius 1 is 1.23 bits per heavy atom. The van der Waals surface area contributed by atoms with E-state index in [9.17, 15) is 24.5 Å². The van der Waals surface area contributed by atoms with E-state index in [0.717, 1.165) is 0 Å². The van der Waals surface area contributed by atoms with Crippen LogP contribution in [0.3, 0.4) is 0 Å². The third-order valence-electron chi connectivity index (χ3n) is 5.10. The number of esters is 1. The molecule has 0 spiro atoms. The summed E-state index contributed by atoms with van der Waals surface area (Å²) in [5.74, 6) is -1.87. The molecule has 2 atom stereocenters. The van der Waals surface area contributed by atoms with Gasteiger partial charge >= 0.3 is 5.97 Å². The second-order valence-corrected chi connectivity index (χ2v) is 7.08. The highest BCUT2D eigenvalue weighted by molar-refractivity contribution is 6.02. The monoisotopic (exact) mass is 426 g/mol. The maximum atomic E-state index is 12.7. The Morgan fingerprint density at radius 3 is 2.55 bits per heavy atom. The summed E-state index contributed by atoms with van der Waals surface area (Å²) in [4.78, 5) is 49.6. The number of methoxy groups -OCH3 is 1. The standard InChI is InChI=1S/C22H22N2O7/c1-3-18(21(26)14-7-5-4-6-8-14)31-22(27)15-11-20(25)23(13-15)17-10-9-16(24(28)29)12-19(17)30-2/h4-10,12,15,18H,3,11,13H2,1-2H3/t15-,18-/m0/s1. The number of non-ortho nitro benzene ring substituents is 1. The van der Waals surface area contributed by atoms with Crippen molar-refractivity contribution in [3.8, 4) is 5.75 Å². The van der Waals surface area contributed by atoms with Crippen molar-refractivity contribution in [2.45, 2.75) is 25.9 Å². The van der Waals surface area contributed by atoms with Gasteiger partial charge in [-0.1, -0.05) is 37.3 Å². The normalized spacial score (nSPS) is 16.6. The number of Topliss-reactive ketones (excluding diaryl/α,β-unsaturated/α-hetero) is 1. The molecule has 1 saturated heterocycles. The van der Waals surface area contributed by atoms with E-state index in [1.807, 2.05) is 0 Å². The maximum absolute atomic E-state index is 12.7. The van der Waals surface area contributed by atoms with Gasteiger partial charge in [-0.25, -0.2) is 0 Å². The molecule has 162 valence electrons. The molecule has 2 aromatic carbocycles. The summed E-state index contributed by atoms with van der Waals surface area (Å²) in [7, 11) is 1.34. The molecule has 1 aliphatic rings. The second-order valence-electron chi connectivity index (χ2n) is 7.08. The van der Waals surface area contributed by atoms with E-state index in [-0.39, 0.29) is 36.1 Å². The summed E-state index contributed by atoms with van der Waals surface area (Å²) in [5, 5.41) is 11.0. The summed E-state index contributed by atoms with van der Waals surface area (Å²) >= 11 is 0. The quantitative estimate of drug-likeness (QED) is 0.275. The predicted molar refractivity (Wildman–Crippen MR) is 111 cm³/mol. The minimum atomic E-state index is -0.937. The minimum Gasteiger partial charge on any atom is -0.494 e. The fraction of sp³-hybridized carbons (Fsp3) is 0.318. The lowest BCUT2D eigenvalue weighted by molar-refractivity contribution is -0.384.